The molecule has 22 aromatic rings. The number of aromatic nitrogens is 6. The van der Waals surface area contributed by atoms with Gasteiger partial charge in [-0.3, -0.25) is 0 Å². The Bertz CT molecular complexity index is 7550. The number of furan rings is 2. The van der Waals surface area contributed by atoms with Crippen LogP contribution >= 0.6 is 0 Å². The van der Waals surface area contributed by atoms with E-state index in [9.17, 15) is 0 Å². The molecule has 4 heterocycles. The van der Waals surface area contributed by atoms with Crippen LogP contribution in [-0.4, -0.2) is 29.9 Å². The molecule has 0 N–H and O–H groups in total. The second-order valence-electron chi connectivity index (χ2n) is 29.1. The zero-order chi connectivity index (χ0) is 75.2. The summed E-state index contributed by atoms with van der Waals surface area (Å²) >= 11 is 0. The van der Waals surface area contributed by atoms with E-state index >= 15 is 0 Å². The van der Waals surface area contributed by atoms with Crippen molar-refractivity contribution in [3.8, 4) is 146 Å². The molecule has 114 heavy (non-hydrogen) atoms. The van der Waals surface area contributed by atoms with Gasteiger partial charge in [-0.15, -0.1) is 0 Å². The third-order valence-electron chi connectivity index (χ3n) is 22.4. The van der Waals surface area contributed by atoms with E-state index in [1.807, 2.05) is 48.5 Å². The van der Waals surface area contributed by atoms with Crippen LogP contribution in [0.25, 0.3) is 233 Å². The van der Waals surface area contributed by atoms with Crippen molar-refractivity contribution >= 4 is 87.0 Å². The Labute approximate surface area is 656 Å². The van der Waals surface area contributed by atoms with Crippen molar-refractivity contribution < 1.29 is 8.83 Å². The van der Waals surface area contributed by atoms with Crippen molar-refractivity contribution in [3.05, 3.63) is 388 Å². The van der Waals surface area contributed by atoms with Crippen molar-refractivity contribution in [1.82, 2.24) is 29.9 Å². The monoisotopic (exact) mass is 1450 g/mol. The second-order valence-corrected chi connectivity index (χ2v) is 29.1. The van der Waals surface area contributed by atoms with Gasteiger partial charge in [0.25, 0.3) is 0 Å². The van der Waals surface area contributed by atoms with Crippen LogP contribution in [-0.2, 0) is 0 Å². The lowest BCUT2D eigenvalue weighted by Crippen LogP contribution is -2.01. The molecule has 8 nitrogen and oxygen atoms in total. The highest BCUT2D eigenvalue weighted by molar-refractivity contribution is 6.23. The molecule has 22 rings (SSSR count). The maximum atomic E-state index is 7.03. The lowest BCUT2D eigenvalue weighted by atomic mass is 9.84. The molecule has 0 bridgehead atoms. The summed E-state index contributed by atoms with van der Waals surface area (Å²) in [5.41, 5.74) is 23.5. The molecule has 530 valence electrons. The number of hydrogen-bond donors (Lipinski definition) is 0. The molecule has 0 fully saturated rings. The summed E-state index contributed by atoms with van der Waals surface area (Å²) in [6.07, 6.45) is 0. The predicted molar refractivity (Wildman–Crippen MR) is 468 cm³/mol. The van der Waals surface area contributed by atoms with Crippen LogP contribution in [0.4, 0.5) is 0 Å². The van der Waals surface area contributed by atoms with Gasteiger partial charge in [0.2, 0.25) is 0 Å². The Morgan fingerprint density at radius 2 is 0.544 bits per heavy atom. The molecule has 0 aliphatic carbocycles. The smallest absolute Gasteiger partial charge is 0.165 e. The van der Waals surface area contributed by atoms with Crippen molar-refractivity contribution in [2.45, 2.75) is 0 Å². The van der Waals surface area contributed by atoms with Gasteiger partial charge >= 0.3 is 0 Å². The van der Waals surface area contributed by atoms with Crippen LogP contribution in [0.15, 0.2) is 397 Å². The normalized spacial score (nSPS) is 11.7. The van der Waals surface area contributed by atoms with E-state index < -0.39 is 0 Å². The van der Waals surface area contributed by atoms with Gasteiger partial charge in [0.15, 0.2) is 34.9 Å². The highest BCUT2D eigenvalue weighted by Gasteiger charge is 2.27. The second kappa shape index (κ2) is 27.3. The van der Waals surface area contributed by atoms with Crippen LogP contribution in [0.5, 0.6) is 0 Å². The standard InChI is InChI=1S/C106H64N6O2/c1-5-20-65(21-6-1)69-38-40-71(41-39-69)72-44-50-75(51-45-72)102-107-101(74-27-11-4-12-28-74)109-105(110-102)90-34-19-37-94-99(90)97-87(33-18-36-93(97)114-94)88-59-56-79-62-78(67-24-9-3-10-25-67)55-57-82(79)96(88)86-32-17-31-84-85(86)58-54-73-47-52-80(64-91(73)84)83-60-61-95-98(89-30-15-16-35-92(89)113-95)100(83)106-111-103(76-48-42-70(43-49-76)66-22-7-2-8-23-66)108-104(112-106)81-53-46-68-26-13-14-29-77(68)63-81/h1-64H. The fourth-order valence-electron chi connectivity index (χ4n) is 16.9. The summed E-state index contributed by atoms with van der Waals surface area (Å²) in [6.45, 7) is 0. The van der Waals surface area contributed by atoms with E-state index in [0.29, 0.717) is 34.9 Å². The molecule has 0 atom stereocenters. The summed E-state index contributed by atoms with van der Waals surface area (Å²) < 4.78 is 13.8. The molecule has 0 radical (unpaired) electrons. The van der Waals surface area contributed by atoms with E-state index in [-0.39, 0.29) is 0 Å². The fraction of sp³-hybridized carbons (Fsp3) is 0. The quantitative estimate of drug-likeness (QED) is 0.105. The summed E-state index contributed by atoms with van der Waals surface area (Å²) in [4.78, 5) is 32.5. The molecule has 4 aromatic heterocycles. The van der Waals surface area contributed by atoms with Gasteiger partial charge in [-0.2, -0.15) is 0 Å². The number of nitrogens with zero attached hydrogens (tertiary/aromatic N) is 6. The van der Waals surface area contributed by atoms with E-state index in [2.05, 4.69) is 340 Å². The molecular weight excluding hydrogens is 1390 g/mol. The first-order valence-corrected chi connectivity index (χ1v) is 38.4. The lowest BCUT2D eigenvalue weighted by Gasteiger charge is -2.19. The van der Waals surface area contributed by atoms with E-state index in [4.69, 9.17) is 38.7 Å². The molecule has 0 spiro atoms. The van der Waals surface area contributed by atoms with Gasteiger partial charge in [-0.1, -0.05) is 340 Å². The summed E-state index contributed by atoms with van der Waals surface area (Å²) in [5, 5.41) is 12.6. The SMILES string of the molecule is c1ccc(-c2ccc(-c3ccc(-c4nc(-c5ccccc5)nc(-c5cccc6oc7cccc(-c8ccc9cc(-c%10ccccc%10)ccc9c8-c8cccc9c8ccc8ccc(-c%10ccc%11oc%12ccccc%12c%11c%10-c%10nc(-c%11ccc(-c%12ccccc%12)cc%11)nc(-c%11ccc%12ccccc%12c%11)n%10)cc89)c7c56)n4)cc3)cc2)cc1. The molecule has 0 unspecified atom stereocenters. The van der Waals surface area contributed by atoms with E-state index in [1.165, 1.54) is 11.1 Å². The minimum Gasteiger partial charge on any atom is -0.456 e. The highest BCUT2D eigenvalue weighted by Crippen LogP contribution is 2.50. The fourth-order valence-corrected chi connectivity index (χ4v) is 16.9. The van der Waals surface area contributed by atoms with Crippen molar-refractivity contribution in [2.75, 3.05) is 0 Å². The third kappa shape index (κ3) is 11.5. The number of para-hydroxylation sites is 1. The van der Waals surface area contributed by atoms with Crippen molar-refractivity contribution in [2.24, 2.45) is 0 Å². The van der Waals surface area contributed by atoms with Gasteiger partial charge in [0, 0.05) is 54.9 Å². The molecule has 0 saturated heterocycles. The number of hydrogen-bond acceptors (Lipinski definition) is 8. The van der Waals surface area contributed by atoms with Gasteiger partial charge in [-0.25, -0.2) is 29.9 Å². The van der Waals surface area contributed by atoms with Gasteiger partial charge in [0.05, 0.1) is 0 Å². The summed E-state index contributed by atoms with van der Waals surface area (Å²) in [6, 6.07) is 137. The zero-order valence-electron chi connectivity index (χ0n) is 61.5. The van der Waals surface area contributed by atoms with Crippen LogP contribution in [0.3, 0.4) is 0 Å². The highest BCUT2D eigenvalue weighted by atomic mass is 16.3. The Balaban J connectivity index is 0.718. The first kappa shape index (κ1) is 65.7. The predicted octanol–water partition coefficient (Wildman–Crippen LogP) is 28.1. The molecule has 0 aliphatic heterocycles. The summed E-state index contributed by atoms with van der Waals surface area (Å²) in [7, 11) is 0. The zero-order valence-corrected chi connectivity index (χ0v) is 61.5. The molecule has 0 amide bonds. The molecule has 0 saturated carbocycles. The van der Waals surface area contributed by atoms with Gasteiger partial charge < -0.3 is 8.83 Å². The Morgan fingerprint density at radius 3 is 1.19 bits per heavy atom. The minimum atomic E-state index is 0.535. The lowest BCUT2D eigenvalue weighted by molar-refractivity contribution is 0.668. The molecule has 8 heteroatoms. The number of fused-ring (bicyclic) bond motifs is 11. The number of rotatable bonds is 13. The topological polar surface area (TPSA) is 104 Å². The third-order valence-corrected chi connectivity index (χ3v) is 22.4. The first-order chi connectivity index (χ1) is 56.5. The Hall–Kier alpha value is -15.4. The Kier molecular flexibility index (Phi) is 15.7. The van der Waals surface area contributed by atoms with Crippen molar-refractivity contribution in [3.63, 3.8) is 0 Å². The van der Waals surface area contributed by atoms with Gasteiger partial charge in [-0.05, 0) is 170 Å². The van der Waals surface area contributed by atoms with E-state index in [0.717, 1.165) is 187 Å². The maximum absolute atomic E-state index is 7.03. The molecule has 18 aromatic carbocycles. The van der Waals surface area contributed by atoms with Crippen LogP contribution in [0.2, 0.25) is 0 Å². The average Bonchev–Trinajstić information content (AvgIpc) is 1.07. The number of benzene rings is 18. The largest absolute Gasteiger partial charge is 0.456 e. The van der Waals surface area contributed by atoms with Crippen molar-refractivity contribution in [1.29, 1.82) is 0 Å². The van der Waals surface area contributed by atoms with Gasteiger partial charge in [0.1, 0.15) is 22.3 Å². The van der Waals surface area contributed by atoms with Crippen LogP contribution in [0.1, 0.15) is 0 Å². The van der Waals surface area contributed by atoms with Crippen LogP contribution in [0, 0.1) is 0 Å². The van der Waals surface area contributed by atoms with E-state index in [1.54, 1.807) is 0 Å². The minimum absolute atomic E-state index is 0.535. The average molecular weight is 1450 g/mol. The molecule has 0 aliphatic rings. The first-order valence-electron chi connectivity index (χ1n) is 38.4. The maximum Gasteiger partial charge on any atom is 0.165 e. The van der Waals surface area contributed by atoms with Crippen LogP contribution < -0.4 is 0 Å². The summed E-state index contributed by atoms with van der Waals surface area (Å²) in [5.74, 6) is 3.33. The Morgan fingerprint density at radius 1 is 0.149 bits per heavy atom. The molecular formula is C106H64N6O2.